The van der Waals surface area contributed by atoms with E-state index in [0.717, 1.165) is 41.9 Å². The smallest absolute Gasteiger partial charge is 0.234 e. The number of nitrogens with one attached hydrogen (secondary N) is 1. The Hall–Kier alpha value is -2.79. The van der Waals surface area contributed by atoms with E-state index in [1.165, 1.54) is 5.56 Å². The zero-order valence-corrected chi connectivity index (χ0v) is 16.4. The van der Waals surface area contributed by atoms with Crippen LogP contribution in [0.25, 0.3) is 11.0 Å². The second-order valence-corrected chi connectivity index (χ2v) is 7.46. The summed E-state index contributed by atoms with van der Waals surface area (Å²) in [5, 5.41) is 4.13. The molecule has 1 atom stereocenters. The van der Waals surface area contributed by atoms with Crippen LogP contribution in [0.2, 0.25) is 0 Å². The van der Waals surface area contributed by atoms with Gasteiger partial charge in [0.05, 0.1) is 19.7 Å². The van der Waals surface area contributed by atoms with Crippen LogP contribution in [0.4, 0.5) is 0 Å². The van der Waals surface area contributed by atoms with Crippen molar-refractivity contribution in [1.29, 1.82) is 0 Å². The predicted molar refractivity (Wildman–Crippen MR) is 109 cm³/mol. The number of carbonyl (C=O) groups excluding carboxylic acids is 1. The fourth-order valence-electron chi connectivity index (χ4n) is 3.48. The molecule has 0 unspecified atom stereocenters. The molecule has 3 aromatic rings. The molecular weight excluding hydrogens is 352 g/mol. The summed E-state index contributed by atoms with van der Waals surface area (Å²) < 4.78 is 11.1. The van der Waals surface area contributed by atoms with E-state index >= 15 is 0 Å². The first-order valence-corrected chi connectivity index (χ1v) is 9.77. The molecular formula is C23H26N2O3. The van der Waals surface area contributed by atoms with Crippen LogP contribution < -0.4 is 10.1 Å². The summed E-state index contributed by atoms with van der Waals surface area (Å²) in [7, 11) is 1.67. The third-order valence-electron chi connectivity index (χ3n) is 5.20. The highest BCUT2D eigenvalue weighted by Crippen LogP contribution is 2.29. The average Bonchev–Trinajstić information content (AvgIpc) is 3.46. The van der Waals surface area contributed by atoms with Gasteiger partial charge in [-0.3, -0.25) is 9.69 Å². The largest absolute Gasteiger partial charge is 0.497 e. The second-order valence-electron chi connectivity index (χ2n) is 7.46. The molecule has 5 heteroatoms. The molecule has 5 nitrogen and oxygen atoms in total. The molecule has 146 valence electrons. The summed E-state index contributed by atoms with van der Waals surface area (Å²) in [6.07, 6.45) is 2.31. The van der Waals surface area contributed by atoms with Gasteiger partial charge in [0.2, 0.25) is 5.91 Å². The van der Waals surface area contributed by atoms with Crippen molar-refractivity contribution in [3.63, 3.8) is 0 Å². The molecule has 1 aromatic heterocycles. The fraction of sp³-hybridized carbons (Fsp3) is 0.348. The van der Waals surface area contributed by atoms with Gasteiger partial charge in [0.15, 0.2) is 0 Å². The first-order chi connectivity index (χ1) is 13.6. The van der Waals surface area contributed by atoms with E-state index in [9.17, 15) is 4.79 Å². The SMILES string of the molecule is COc1ccc(CN(CC(=O)N[C@H](C)c2cc3ccccc3o2)C2CC2)cc1. The van der Waals surface area contributed by atoms with Gasteiger partial charge in [-0.15, -0.1) is 0 Å². The molecule has 0 aliphatic heterocycles. The number of furan rings is 1. The molecule has 0 spiro atoms. The average molecular weight is 378 g/mol. The number of rotatable bonds is 8. The van der Waals surface area contributed by atoms with Gasteiger partial charge >= 0.3 is 0 Å². The molecule has 2 aromatic carbocycles. The first-order valence-electron chi connectivity index (χ1n) is 9.77. The molecule has 1 saturated carbocycles. The lowest BCUT2D eigenvalue weighted by Gasteiger charge is -2.22. The van der Waals surface area contributed by atoms with Crippen LogP contribution in [-0.4, -0.2) is 30.5 Å². The number of benzene rings is 2. The molecule has 1 aliphatic carbocycles. The molecule has 0 radical (unpaired) electrons. The number of amides is 1. The van der Waals surface area contributed by atoms with Crippen LogP contribution in [0, 0.1) is 0 Å². The van der Waals surface area contributed by atoms with Gasteiger partial charge in [-0.05, 0) is 49.6 Å². The minimum absolute atomic E-state index is 0.0216. The van der Waals surface area contributed by atoms with Crippen LogP contribution in [-0.2, 0) is 11.3 Å². The van der Waals surface area contributed by atoms with Gasteiger partial charge in [0.25, 0.3) is 0 Å². The number of carbonyl (C=O) groups is 1. The number of ether oxygens (including phenoxy) is 1. The van der Waals surface area contributed by atoms with Crippen LogP contribution in [0.1, 0.15) is 37.1 Å². The fourth-order valence-corrected chi connectivity index (χ4v) is 3.48. The van der Waals surface area contributed by atoms with E-state index in [0.29, 0.717) is 12.6 Å². The van der Waals surface area contributed by atoms with Gasteiger partial charge in [-0.25, -0.2) is 0 Å². The van der Waals surface area contributed by atoms with E-state index in [4.69, 9.17) is 9.15 Å². The third kappa shape index (κ3) is 4.37. The molecule has 1 fully saturated rings. The van der Waals surface area contributed by atoms with Crippen molar-refractivity contribution in [2.75, 3.05) is 13.7 Å². The van der Waals surface area contributed by atoms with Crippen LogP contribution >= 0.6 is 0 Å². The van der Waals surface area contributed by atoms with Crippen molar-refractivity contribution in [3.05, 3.63) is 65.9 Å². The van der Waals surface area contributed by atoms with E-state index in [1.807, 2.05) is 49.4 Å². The Balaban J connectivity index is 1.37. The molecule has 0 saturated heterocycles. The van der Waals surface area contributed by atoms with Crippen molar-refractivity contribution in [2.45, 2.75) is 38.4 Å². The predicted octanol–water partition coefficient (Wildman–Crippen LogP) is 4.28. The van der Waals surface area contributed by atoms with E-state index < -0.39 is 0 Å². The third-order valence-corrected chi connectivity index (χ3v) is 5.20. The van der Waals surface area contributed by atoms with E-state index in [-0.39, 0.29) is 11.9 Å². The highest BCUT2D eigenvalue weighted by Gasteiger charge is 2.30. The second kappa shape index (κ2) is 8.07. The standard InChI is InChI=1S/C23H26N2O3/c1-16(22-13-18-5-3-4-6-21(18)28-22)24-23(26)15-25(19-9-10-19)14-17-7-11-20(27-2)12-8-17/h3-8,11-13,16,19H,9-10,14-15H2,1-2H3,(H,24,26)/t16-/m1/s1. The summed E-state index contributed by atoms with van der Waals surface area (Å²) in [5.74, 6) is 1.65. The monoisotopic (exact) mass is 378 g/mol. The molecule has 28 heavy (non-hydrogen) atoms. The maximum atomic E-state index is 12.7. The van der Waals surface area contributed by atoms with Crippen LogP contribution in [0.3, 0.4) is 0 Å². The highest BCUT2D eigenvalue weighted by atomic mass is 16.5. The number of para-hydroxylation sites is 1. The Morgan fingerprint density at radius 3 is 2.64 bits per heavy atom. The maximum Gasteiger partial charge on any atom is 0.234 e. The maximum absolute atomic E-state index is 12.7. The lowest BCUT2D eigenvalue weighted by Crippen LogP contribution is -2.39. The quantitative estimate of drug-likeness (QED) is 0.636. The van der Waals surface area contributed by atoms with Crippen LogP contribution in [0.5, 0.6) is 5.75 Å². The van der Waals surface area contributed by atoms with Crippen LogP contribution in [0.15, 0.2) is 59.0 Å². The van der Waals surface area contributed by atoms with Crippen molar-refractivity contribution >= 4 is 16.9 Å². The van der Waals surface area contributed by atoms with Gasteiger partial charge in [0.1, 0.15) is 17.1 Å². The Kier molecular flexibility index (Phi) is 5.35. The first kappa shape index (κ1) is 18.6. The zero-order valence-electron chi connectivity index (χ0n) is 16.4. The topological polar surface area (TPSA) is 54.7 Å². The number of nitrogens with zero attached hydrogens (tertiary/aromatic N) is 1. The molecule has 4 rings (SSSR count). The van der Waals surface area contributed by atoms with Gasteiger partial charge in [-0.2, -0.15) is 0 Å². The minimum Gasteiger partial charge on any atom is -0.497 e. The molecule has 1 heterocycles. The Morgan fingerprint density at radius 2 is 1.96 bits per heavy atom. The van der Waals surface area contributed by atoms with Gasteiger partial charge in [-0.1, -0.05) is 30.3 Å². The van der Waals surface area contributed by atoms with Crippen molar-refractivity contribution in [2.24, 2.45) is 0 Å². The number of hydrogen-bond donors (Lipinski definition) is 1. The number of hydrogen-bond acceptors (Lipinski definition) is 4. The highest BCUT2D eigenvalue weighted by molar-refractivity contribution is 5.80. The Labute approximate surface area is 165 Å². The lowest BCUT2D eigenvalue weighted by atomic mass is 10.2. The Morgan fingerprint density at radius 1 is 1.21 bits per heavy atom. The van der Waals surface area contributed by atoms with Crippen molar-refractivity contribution in [3.8, 4) is 5.75 Å². The van der Waals surface area contributed by atoms with E-state index in [1.54, 1.807) is 7.11 Å². The van der Waals surface area contributed by atoms with Gasteiger partial charge in [0, 0.05) is 18.0 Å². The molecule has 1 amide bonds. The molecule has 0 bridgehead atoms. The zero-order chi connectivity index (χ0) is 19.5. The summed E-state index contributed by atoms with van der Waals surface area (Å²) in [6.45, 7) is 3.11. The minimum atomic E-state index is -0.165. The summed E-state index contributed by atoms with van der Waals surface area (Å²) >= 11 is 0. The number of fused-ring (bicyclic) bond motifs is 1. The lowest BCUT2D eigenvalue weighted by molar-refractivity contribution is -0.123. The van der Waals surface area contributed by atoms with Crippen molar-refractivity contribution < 1.29 is 13.9 Å². The molecule has 1 aliphatic rings. The summed E-state index contributed by atoms with van der Waals surface area (Å²) in [4.78, 5) is 14.9. The summed E-state index contributed by atoms with van der Waals surface area (Å²) in [6, 6.07) is 18.3. The van der Waals surface area contributed by atoms with Gasteiger partial charge < -0.3 is 14.5 Å². The Bertz CT molecular complexity index is 911. The van der Waals surface area contributed by atoms with Crippen molar-refractivity contribution in [1.82, 2.24) is 10.2 Å². The number of methoxy groups -OCH3 is 1. The van der Waals surface area contributed by atoms with E-state index in [2.05, 4.69) is 22.3 Å². The normalized spacial score (nSPS) is 15.0. The molecule has 1 N–H and O–H groups in total. The summed E-state index contributed by atoms with van der Waals surface area (Å²) in [5.41, 5.74) is 2.03.